The van der Waals surface area contributed by atoms with Crippen LogP contribution in [-0.4, -0.2) is 11.9 Å². The summed E-state index contributed by atoms with van der Waals surface area (Å²) >= 11 is 12.3. The first kappa shape index (κ1) is 22.6. The van der Waals surface area contributed by atoms with E-state index in [1.165, 1.54) is 0 Å². The van der Waals surface area contributed by atoms with Crippen molar-refractivity contribution in [2.75, 3.05) is 5.32 Å². The SMILES string of the molecule is Cc1cc(NC(=O)NC(=O)c2ccccc2Cl)cc(C)c1Oc1ccc(Cl)c2ccccc12. The normalized spacial score (nSPS) is 10.7. The highest BCUT2D eigenvalue weighted by molar-refractivity contribution is 6.35. The van der Waals surface area contributed by atoms with Gasteiger partial charge in [-0.15, -0.1) is 0 Å². The second-order valence-electron chi connectivity index (χ2n) is 7.52. The maximum atomic E-state index is 12.4. The predicted octanol–water partition coefficient (Wildman–Crippen LogP) is 7.52. The van der Waals surface area contributed by atoms with E-state index < -0.39 is 11.9 Å². The van der Waals surface area contributed by atoms with Gasteiger partial charge < -0.3 is 10.1 Å². The minimum absolute atomic E-state index is 0.223. The van der Waals surface area contributed by atoms with E-state index in [1.807, 2.05) is 44.2 Å². The fourth-order valence-electron chi connectivity index (χ4n) is 3.60. The summed E-state index contributed by atoms with van der Waals surface area (Å²) in [6, 6.07) is 20.8. The lowest BCUT2D eigenvalue weighted by Gasteiger charge is -2.16. The zero-order valence-corrected chi connectivity index (χ0v) is 19.4. The molecule has 4 rings (SSSR count). The molecule has 0 radical (unpaired) electrons. The van der Waals surface area contributed by atoms with Crippen molar-refractivity contribution >= 4 is 51.6 Å². The molecular weight excluding hydrogens is 459 g/mol. The molecule has 0 saturated carbocycles. The predicted molar refractivity (Wildman–Crippen MR) is 133 cm³/mol. The van der Waals surface area contributed by atoms with Gasteiger partial charge in [0.15, 0.2) is 0 Å². The number of fused-ring (bicyclic) bond motifs is 1. The Kier molecular flexibility index (Phi) is 6.54. The van der Waals surface area contributed by atoms with Crippen LogP contribution in [0.1, 0.15) is 21.5 Å². The average molecular weight is 479 g/mol. The van der Waals surface area contributed by atoms with Crippen LogP contribution in [0.2, 0.25) is 10.0 Å². The third-order valence-electron chi connectivity index (χ3n) is 5.11. The first-order valence-corrected chi connectivity index (χ1v) is 10.9. The Hall–Kier alpha value is -3.54. The molecule has 0 aliphatic carbocycles. The molecule has 0 spiro atoms. The number of amides is 3. The van der Waals surface area contributed by atoms with Gasteiger partial charge in [-0.2, -0.15) is 0 Å². The zero-order valence-electron chi connectivity index (χ0n) is 17.9. The Morgan fingerprint density at radius 3 is 2.12 bits per heavy atom. The van der Waals surface area contributed by atoms with Crippen molar-refractivity contribution in [1.82, 2.24) is 5.32 Å². The van der Waals surface area contributed by atoms with Crippen molar-refractivity contribution in [2.24, 2.45) is 0 Å². The van der Waals surface area contributed by atoms with Crippen molar-refractivity contribution in [2.45, 2.75) is 13.8 Å². The lowest BCUT2D eigenvalue weighted by molar-refractivity contribution is 0.0967. The van der Waals surface area contributed by atoms with Gasteiger partial charge in [0.2, 0.25) is 0 Å². The van der Waals surface area contributed by atoms with Gasteiger partial charge in [0.1, 0.15) is 11.5 Å². The summed E-state index contributed by atoms with van der Waals surface area (Å²) in [6.07, 6.45) is 0. The fourth-order valence-corrected chi connectivity index (χ4v) is 4.04. The topological polar surface area (TPSA) is 67.4 Å². The van der Waals surface area contributed by atoms with E-state index in [4.69, 9.17) is 27.9 Å². The molecule has 0 fully saturated rings. The quantitative estimate of drug-likeness (QED) is 0.318. The van der Waals surface area contributed by atoms with Crippen molar-refractivity contribution < 1.29 is 14.3 Å². The number of carbonyl (C=O) groups excluding carboxylic acids is 2. The molecule has 3 amide bonds. The number of halogens is 2. The van der Waals surface area contributed by atoms with Crippen molar-refractivity contribution in [3.8, 4) is 11.5 Å². The third kappa shape index (κ3) is 4.95. The van der Waals surface area contributed by atoms with Gasteiger partial charge in [-0.05, 0) is 61.4 Å². The highest BCUT2D eigenvalue weighted by Crippen LogP contribution is 2.37. The van der Waals surface area contributed by atoms with E-state index in [0.29, 0.717) is 22.2 Å². The molecule has 7 heteroatoms. The maximum absolute atomic E-state index is 12.4. The number of imide groups is 1. The zero-order chi connectivity index (χ0) is 23.5. The molecule has 5 nitrogen and oxygen atoms in total. The number of hydrogen-bond acceptors (Lipinski definition) is 3. The van der Waals surface area contributed by atoms with E-state index >= 15 is 0 Å². The minimum atomic E-state index is -0.656. The third-order valence-corrected chi connectivity index (χ3v) is 5.77. The lowest BCUT2D eigenvalue weighted by Crippen LogP contribution is -2.34. The van der Waals surface area contributed by atoms with Crippen LogP contribution in [0.3, 0.4) is 0 Å². The van der Waals surface area contributed by atoms with Gasteiger partial charge in [0, 0.05) is 21.5 Å². The van der Waals surface area contributed by atoms with Crippen molar-refractivity contribution in [3.63, 3.8) is 0 Å². The smallest absolute Gasteiger partial charge is 0.326 e. The summed E-state index contributed by atoms with van der Waals surface area (Å²) in [5.74, 6) is 0.784. The molecule has 0 aliphatic heterocycles. The summed E-state index contributed by atoms with van der Waals surface area (Å²) in [5.41, 5.74) is 2.40. The van der Waals surface area contributed by atoms with Crippen LogP contribution in [-0.2, 0) is 0 Å². The molecule has 166 valence electrons. The number of aryl methyl sites for hydroxylation is 2. The molecular formula is C26H20Cl2N2O3. The number of carbonyl (C=O) groups is 2. The van der Waals surface area contributed by atoms with Crippen LogP contribution >= 0.6 is 23.2 Å². The number of benzene rings is 4. The van der Waals surface area contributed by atoms with Crippen molar-refractivity contribution in [1.29, 1.82) is 0 Å². The first-order chi connectivity index (χ1) is 15.8. The number of nitrogens with one attached hydrogen (secondary N) is 2. The number of anilines is 1. The van der Waals surface area contributed by atoms with Gasteiger partial charge >= 0.3 is 6.03 Å². The van der Waals surface area contributed by atoms with Crippen LogP contribution in [0.25, 0.3) is 10.8 Å². The van der Waals surface area contributed by atoms with Gasteiger partial charge in [0.05, 0.1) is 10.6 Å². The molecule has 0 bridgehead atoms. The molecule has 0 atom stereocenters. The molecule has 0 aliphatic rings. The first-order valence-electron chi connectivity index (χ1n) is 10.2. The fraction of sp³-hybridized carbons (Fsp3) is 0.0769. The standard InChI is InChI=1S/C26H20Cl2N2O3/c1-15-13-17(29-26(32)30-25(31)20-9-5-6-10-21(20)27)14-16(2)24(15)33-23-12-11-22(28)18-7-3-4-8-19(18)23/h3-14H,1-2H3,(H2,29,30,31,32). The number of rotatable bonds is 4. The van der Waals surface area contributed by atoms with E-state index in [9.17, 15) is 9.59 Å². The summed E-state index contributed by atoms with van der Waals surface area (Å²) < 4.78 is 6.25. The average Bonchev–Trinajstić information content (AvgIpc) is 2.78. The lowest BCUT2D eigenvalue weighted by atomic mass is 10.1. The Labute approximate surface area is 201 Å². The van der Waals surface area contributed by atoms with Gasteiger partial charge in [-0.1, -0.05) is 59.6 Å². The van der Waals surface area contributed by atoms with Crippen LogP contribution < -0.4 is 15.4 Å². The van der Waals surface area contributed by atoms with Crippen LogP contribution in [0.15, 0.2) is 72.8 Å². The molecule has 0 heterocycles. The Balaban J connectivity index is 1.52. The number of urea groups is 1. The van der Waals surface area contributed by atoms with Crippen LogP contribution in [0, 0.1) is 13.8 Å². The summed E-state index contributed by atoms with van der Waals surface area (Å²) in [6.45, 7) is 3.77. The van der Waals surface area contributed by atoms with Crippen molar-refractivity contribution in [3.05, 3.63) is 99.5 Å². The second-order valence-corrected chi connectivity index (χ2v) is 8.33. The van der Waals surface area contributed by atoms with E-state index in [2.05, 4.69) is 10.6 Å². The summed E-state index contributed by atoms with van der Waals surface area (Å²) in [4.78, 5) is 24.7. The van der Waals surface area contributed by atoms with E-state index in [0.717, 1.165) is 21.9 Å². The van der Waals surface area contributed by atoms with Gasteiger partial charge in [-0.25, -0.2) is 4.79 Å². The molecule has 33 heavy (non-hydrogen) atoms. The number of hydrogen-bond donors (Lipinski definition) is 2. The van der Waals surface area contributed by atoms with Gasteiger partial charge in [-0.3, -0.25) is 10.1 Å². The minimum Gasteiger partial charge on any atom is -0.456 e. The Bertz CT molecular complexity index is 1360. The molecule has 0 aromatic heterocycles. The van der Waals surface area contributed by atoms with E-state index in [-0.39, 0.29) is 10.6 Å². The molecule has 2 N–H and O–H groups in total. The van der Waals surface area contributed by atoms with Crippen LogP contribution in [0.5, 0.6) is 11.5 Å². The highest BCUT2D eigenvalue weighted by atomic mass is 35.5. The summed E-state index contributed by atoms with van der Waals surface area (Å²) in [7, 11) is 0. The van der Waals surface area contributed by atoms with Gasteiger partial charge in [0.25, 0.3) is 5.91 Å². The Morgan fingerprint density at radius 2 is 1.42 bits per heavy atom. The maximum Gasteiger partial charge on any atom is 0.326 e. The molecule has 0 saturated heterocycles. The van der Waals surface area contributed by atoms with Crippen LogP contribution in [0.4, 0.5) is 10.5 Å². The molecule has 0 unspecified atom stereocenters. The second kappa shape index (κ2) is 9.53. The van der Waals surface area contributed by atoms with E-state index in [1.54, 1.807) is 42.5 Å². The molecule has 4 aromatic carbocycles. The Morgan fingerprint density at radius 1 is 0.788 bits per heavy atom. The summed E-state index contributed by atoms with van der Waals surface area (Å²) in [5, 5.41) is 7.71. The number of ether oxygens (including phenoxy) is 1. The highest BCUT2D eigenvalue weighted by Gasteiger charge is 2.15. The molecule has 4 aromatic rings. The largest absolute Gasteiger partial charge is 0.456 e. The monoisotopic (exact) mass is 478 g/mol.